The van der Waals surface area contributed by atoms with E-state index in [2.05, 4.69) is 17.3 Å². The van der Waals surface area contributed by atoms with Crippen LogP contribution in [0.5, 0.6) is 0 Å². The fourth-order valence-electron chi connectivity index (χ4n) is 3.30. The number of carboxylic acid groups (broad SMARTS) is 1. The third-order valence-corrected chi connectivity index (χ3v) is 4.75. The second kappa shape index (κ2) is 7.64. The maximum Gasteiger partial charge on any atom is 0.317 e. The number of rotatable bonds is 5. The molecule has 0 aromatic rings. The quantitative estimate of drug-likeness (QED) is 0.804. The lowest BCUT2D eigenvalue weighted by Gasteiger charge is -2.33. The highest BCUT2D eigenvalue weighted by atomic mass is 16.4. The molecule has 120 valence electrons. The van der Waals surface area contributed by atoms with Crippen molar-refractivity contribution in [1.82, 2.24) is 15.1 Å². The Labute approximate surface area is 126 Å². The zero-order valence-corrected chi connectivity index (χ0v) is 12.9. The Hall–Kier alpha value is -1.30. The molecule has 0 saturated carbocycles. The van der Waals surface area contributed by atoms with Crippen molar-refractivity contribution in [3.05, 3.63) is 0 Å². The number of carbonyl (C=O) groups is 2. The number of hydrogen-bond acceptors (Lipinski definition) is 3. The summed E-state index contributed by atoms with van der Waals surface area (Å²) in [6.07, 6.45) is 5.43. The molecule has 2 rings (SSSR count). The first-order valence-corrected chi connectivity index (χ1v) is 8.01. The first-order valence-electron chi connectivity index (χ1n) is 8.01. The molecule has 2 unspecified atom stereocenters. The van der Waals surface area contributed by atoms with Gasteiger partial charge in [-0.05, 0) is 45.2 Å². The molecule has 21 heavy (non-hydrogen) atoms. The molecule has 2 saturated heterocycles. The SMILES string of the molecule is CN1CCCCC1CNC(=O)N1CCC(CCC(=O)O)C1. The summed E-state index contributed by atoms with van der Waals surface area (Å²) in [4.78, 5) is 26.9. The Morgan fingerprint density at radius 2 is 2.05 bits per heavy atom. The van der Waals surface area contributed by atoms with E-state index in [9.17, 15) is 9.59 Å². The molecule has 2 aliphatic rings. The van der Waals surface area contributed by atoms with Gasteiger partial charge in [-0.3, -0.25) is 4.79 Å². The monoisotopic (exact) mass is 297 g/mol. The number of hydrogen-bond donors (Lipinski definition) is 2. The van der Waals surface area contributed by atoms with E-state index in [0.29, 0.717) is 31.5 Å². The maximum absolute atomic E-state index is 12.2. The number of carboxylic acids is 1. The van der Waals surface area contributed by atoms with Crippen molar-refractivity contribution in [3.63, 3.8) is 0 Å². The number of aliphatic carboxylic acids is 1. The molecule has 0 aromatic carbocycles. The molecule has 6 heteroatoms. The van der Waals surface area contributed by atoms with E-state index in [1.165, 1.54) is 12.8 Å². The summed E-state index contributed by atoms with van der Waals surface area (Å²) in [6, 6.07) is 0.458. The van der Waals surface area contributed by atoms with Gasteiger partial charge < -0.3 is 20.2 Å². The van der Waals surface area contributed by atoms with Gasteiger partial charge in [-0.2, -0.15) is 0 Å². The van der Waals surface area contributed by atoms with Crippen LogP contribution < -0.4 is 5.32 Å². The Kier molecular flexibility index (Phi) is 5.85. The van der Waals surface area contributed by atoms with E-state index in [-0.39, 0.29) is 12.5 Å². The number of nitrogens with zero attached hydrogens (tertiary/aromatic N) is 2. The van der Waals surface area contributed by atoms with Gasteiger partial charge in [0.05, 0.1) is 0 Å². The smallest absolute Gasteiger partial charge is 0.317 e. The minimum Gasteiger partial charge on any atom is -0.481 e. The highest BCUT2D eigenvalue weighted by Gasteiger charge is 2.27. The molecule has 0 spiro atoms. The topological polar surface area (TPSA) is 72.9 Å². The van der Waals surface area contributed by atoms with E-state index < -0.39 is 5.97 Å². The number of piperidine rings is 1. The number of amides is 2. The van der Waals surface area contributed by atoms with Gasteiger partial charge >= 0.3 is 12.0 Å². The van der Waals surface area contributed by atoms with Crippen LogP contribution in [0, 0.1) is 5.92 Å². The minimum atomic E-state index is -0.752. The van der Waals surface area contributed by atoms with Gasteiger partial charge in [0.25, 0.3) is 0 Å². The van der Waals surface area contributed by atoms with Crippen LogP contribution in [0.1, 0.15) is 38.5 Å². The fraction of sp³-hybridized carbons (Fsp3) is 0.867. The van der Waals surface area contributed by atoms with E-state index in [4.69, 9.17) is 5.11 Å². The van der Waals surface area contributed by atoms with Crippen LogP contribution >= 0.6 is 0 Å². The van der Waals surface area contributed by atoms with Gasteiger partial charge in [-0.25, -0.2) is 4.79 Å². The average Bonchev–Trinajstić information content (AvgIpc) is 2.93. The lowest BCUT2D eigenvalue weighted by molar-refractivity contribution is -0.137. The molecule has 2 fully saturated rings. The van der Waals surface area contributed by atoms with Crippen molar-refractivity contribution in [1.29, 1.82) is 0 Å². The Balaban J connectivity index is 1.68. The maximum atomic E-state index is 12.2. The van der Waals surface area contributed by atoms with Gasteiger partial charge in [0.1, 0.15) is 0 Å². The Morgan fingerprint density at radius 1 is 1.24 bits per heavy atom. The summed E-state index contributed by atoms with van der Waals surface area (Å²) in [7, 11) is 2.12. The minimum absolute atomic E-state index is 0.00629. The largest absolute Gasteiger partial charge is 0.481 e. The summed E-state index contributed by atoms with van der Waals surface area (Å²) in [5.41, 5.74) is 0. The van der Waals surface area contributed by atoms with E-state index >= 15 is 0 Å². The van der Waals surface area contributed by atoms with Gasteiger partial charge in [-0.1, -0.05) is 6.42 Å². The molecule has 2 atom stereocenters. The number of likely N-dealkylation sites (tertiary alicyclic amines) is 2. The van der Waals surface area contributed by atoms with Crippen molar-refractivity contribution >= 4 is 12.0 Å². The normalized spacial score (nSPS) is 26.8. The van der Waals surface area contributed by atoms with Gasteiger partial charge in [0, 0.05) is 32.1 Å². The second-order valence-electron chi connectivity index (χ2n) is 6.35. The third kappa shape index (κ3) is 4.88. The molecular weight excluding hydrogens is 270 g/mol. The predicted octanol–water partition coefficient (Wildman–Crippen LogP) is 1.37. The third-order valence-electron chi connectivity index (χ3n) is 4.75. The molecule has 2 heterocycles. The highest BCUT2D eigenvalue weighted by molar-refractivity contribution is 5.74. The number of carbonyl (C=O) groups excluding carboxylic acids is 1. The zero-order chi connectivity index (χ0) is 15.2. The van der Waals surface area contributed by atoms with Gasteiger partial charge in [0.15, 0.2) is 0 Å². The van der Waals surface area contributed by atoms with E-state index in [1.807, 2.05) is 4.90 Å². The fourth-order valence-corrected chi connectivity index (χ4v) is 3.30. The Morgan fingerprint density at radius 3 is 2.76 bits per heavy atom. The number of likely N-dealkylation sites (N-methyl/N-ethyl adjacent to an activating group) is 1. The van der Waals surface area contributed by atoms with Crippen LogP contribution in [-0.4, -0.2) is 66.2 Å². The summed E-state index contributed by atoms with van der Waals surface area (Å²) in [6.45, 7) is 3.27. The molecule has 0 aliphatic carbocycles. The van der Waals surface area contributed by atoms with Crippen LogP contribution in [0.15, 0.2) is 0 Å². The van der Waals surface area contributed by atoms with Gasteiger partial charge in [-0.15, -0.1) is 0 Å². The van der Waals surface area contributed by atoms with Crippen LogP contribution in [0.2, 0.25) is 0 Å². The van der Waals surface area contributed by atoms with Crippen LogP contribution in [0.25, 0.3) is 0 Å². The molecule has 2 amide bonds. The molecule has 2 N–H and O–H groups in total. The van der Waals surface area contributed by atoms with Crippen molar-refractivity contribution in [2.45, 2.75) is 44.6 Å². The molecule has 2 aliphatic heterocycles. The zero-order valence-electron chi connectivity index (χ0n) is 12.9. The lowest BCUT2D eigenvalue weighted by atomic mass is 10.0. The number of nitrogens with one attached hydrogen (secondary N) is 1. The lowest BCUT2D eigenvalue weighted by Crippen LogP contribution is -2.47. The predicted molar refractivity (Wildman–Crippen MR) is 80.2 cm³/mol. The first-order chi connectivity index (χ1) is 10.1. The summed E-state index contributed by atoms with van der Waals surface area (Å²) in [5.74, 6) is -0.414. The molecule has 0 radical (unpaired) electrons. The highest BCUT2D eigenvalue weighted by Crippen LogP contribution is 2.21. The molecule has 0 aromatic heterocycles. The summed E-state index contributed by atoms with van der Waals surface area (Å²) < 4.78 is 0. The van der Waals surface area contributed by atoms with Crippen molar-refractivity contribution in [2.24, 2.45) is 5.92 Å². The van der Waals surface area contributed by atoms with Crippen LogP contribution in [-0.2, 0) is 4.79 Å². The summed E-state index contributed by atoms with van der Waals surface area (Å²) >= 11 is 0. The van der Waals surface area contributed by atoms with Gasteiger partial charge in [0.2, 0.25) is 0 Å². The van der Waals surface area contributed by atoms with Crippen molar-refractivity contribution < 1.29 is 14.7 Å². The Bertz CT molecular complexity index is 375. The first kappa shape index (κ1) is 16.1. The van der Waals surface area contributed by atoms with E-state index in [1.54, 1.807) is 0 Å². The van der Waals surface area contributed by atoms with Crippen LogP contribution in [0.4, 0.5) is 4.79 Å². The second-order valence-corrected chi connectivity index (χ2v) is 6.35. The standard InChI is InChI=1S/C15H27N3O3/c1-17-8-3-2-4-13(17)10-16-15(21)18-9-7-12(11-18)5-6-14(19)20/h12-13H,2-11H2,1H3,(H,16,21)(H,19,20). The molecular formula is C15H27N3O3. The average molecular weight is 297 g/mol. The molecule has 6 nitrogen and oxygen atoms in total. The number of urea groups is 1. The van der Waals surface area contributed by atoms with Crippen molar-refractivity contribution in [3.8, 4) is 0 Å². The van der Waals surface area contributed by atoms with Crippen LogP contribution in [0.3, 0.4) is 0 Å². The van der Waals surface area contributed by atoms with Crippen molar-refractivity contribution in [2.75, 3.05) is 33.2 Å². The summed E-state index contributed by atoms with van der Waals surface area (Å²) in [5, 5.41) is 11.7. The molecule has 0 bridgehead atoms. The van der Waals surface area contributed by atoms with E-state index in [0.717, 1.165) is 25.9 Å².